The van der Waals surface area contributed by atoms with Crippen LogP contribution in [0.2, 0.25) is 0 Å². The van der Waals surface area contributed by atoms with Crippen LogP contribution >= 0.6 is 0 Å². The third-order valence-corrected chi connectivity index (χ3v) is 4.13. The summed E-state index contributed by atoms with van der Waals surface area (Å²) in [5.74, 6) is 0.161. The molecule has 0 spiro atoms. The van der Waals surface area contributed by atoms with E-state index in [1.165, 1.54) is 7.11 Å². The number of ether oxygens (including phenoxy) is 1. The number of nitrogens with one attached hydrogen (secondary N) is 1. The maximum atomic E-state index is 12.6. The van der Waals surface area contributed by atoms with E-state index in [1.807, 2.05) is 24.6 Å². The molecule has 0 aliphatic rings. The molecule has 0 bridgehead atoms. The van der Waals surface area contributed by atoms with Crippen molar-refractivity contribution in [2.75, 3.05) is 12.4 Å². The summed E-state index contributed by atoms with van der Waals surface area (Å²) < 4.78 is 6.76. The van der Waals surface area contributed by atoms with Crippen molar-refractivity contribution in [3.63, 3.8) is 0 Å². The number of hydrogen-bond acceptors (Lipinski definition) is 4. The van der Waals surface area contributed by atoms with Crippen molar-refractivity contribution in [3.8, 4) is 0 Å². The second-order valence-corrected chi connectivity index (χ2v) is 5.64. The Hall–Kier alpha value is -3.15. The molecule has 1 heterocycles. The maximum absolute atomic E-state index is 12.6. The fourth-order valence-corrected chi connectivity index (χ4v) is 2.78. The van der Waals surface area contributed by atoms with Gasteiger partial charge in [0.2, 0.25) is 0 Å². The van der Waals surface area contributed by atoms with Crippen molar-refractivity contribution in [3.05, 3.63) is 59.4 Å². The monoisotopic (exact) mass is 337 g/mol. The number of esters is 1. The number of imidazole rings is 1. The van der Waals surface area contributed by atoms with E-state index in [4.69, 9.17) is 4.74 Å². The topological polar surface area (TPSA) is 73.2 Å². The van der Waals surface area contributed by atoms with Crippen molar-refractivity contribution in [1.29, 1.82) is 0 Å². The molecule has 128 valence electrons. The third kappa shape index (κ3) is 3.10. The largest absolute Gasteiger partial charge is 0.465 e. The molecule has 0 saturated carbocycles. The van der Waals surface area contributed by atoms with Gasteiger partial charge in [0.1, 0.15) is 5.82 Å². The van der Waals surface area contributed by atoms with Gasteiger partial charge in [0, 0.05) is 19.0 Å². The summed E-state index contributed by atoms with van der Waals surface area (Å²) in [6.45, 7) is 2.04. The number of hydrogen-bond donors (Lipinski definition) is 1. The zero-order chi connectivity index (χ0) is 18.0. The first-order valence-corrected chi connectivity index (χ1v) is 7.99. The minimum Gasteiger partial charge on any atom is -0.465 e. The zero-order valence-electron chi connectivity index (χ0n) is 14.4. The van der Waals surface area contributed by atoms with Gasteiger partial charge in [-0.25, -0.2) is 9.78 Å². The summed E-state index contributed by atoms with van der Waals surface area (Å²) in [6.07, 6.45) is 0.819. The smallest absolute Gasteiger partial charge is 0.339 e. The average molecular weight is 337 g/mol. The van der Waals surface area contributed by atoms with Gasteiger partial charge in [-0.05, 0) is 30.3 Å². The quantitative estimate of drug-likeness (QED) is 0.742. The molecule has 6 heteroatoms. The lowest BCUT2D eigenvalue weighted by atomic mass is 10.1. The number of methoxy groups -OCH3 is 1. The molecule has 1 amide bonds. The molecule has 1 aromatic heterocycles. The number of aromatic nitrogens is 2. The number of aryl methyl sites for hydroxylation is 2. The summed E-state index contributed by atoms with van der Waals surface area (Å²) in [7, 11) is 3.27. The Morgan fingerprint density at radius 1 is 1.20 bits per heavy atom. The summed E-state index contributed by atoms with van der Waals surface area (Å²) >= 11 is 0. The van der Waals surface area contributed by atoms with Crippen LogP contribution < -0.4 is 5.32 Å². The van der Waals surface area contributed by atoms with Gasteiger partial charge in [-0.1, -0.05) is 19.1 Å². The Labute approximate surface area is 145 Å². The van der Waals surface area contributed by atoms with E-state index in [9.17, 15) is 9.59 Å². The molecule has 3 aromatic rings. The molecule has 0 aliphatic carbocycles. The number of anilines is 1. The summed E-state index contributed by atoms with van der Waals surface area (Å²) in [5.41, 5.74) is 2.95. The fraction of sp³-hybridized carbons (Fsp3) is 0.211. The van der Waals surface area contributed by atoms with E-state index in [2.05, 4.69) is 10.3 Å². The first-order chi connectivity index (χ1) is 12.0. The predicted molar refractivity (Wildman–Crippen MR) is 95.8 cm³/mol. The molecule has 0 saturated heterocycles. The Morgan fingerprint density at radius 2 is 1.96 bits per heavy atom. The van der Waals surface area contributed by atoms with Gasteiger partial charge < -0.3 is 14.6 Å². The van der Waals surface area contributed by atoms with Crippen LogP contribution in [-0.4, -0.2) is 28.5 Å². The van der Waals surface area contributed by atoms with Gasteiger partial charge in [-0.3, -0.25) is 4.79 Å². The molecular weight excluding hydrogens is 318 g/mol. The second-order valence-electron chi connectivity index (χ2n) is 5.64. The van der Waals surface area contributed by atoms with Crippen LogP contribution in [0.4, 0.5) is 5.69 Å². The first kappa shape index (κ1) is 16.7. The van der Waals surface area contributed by atoms with E-state index in [-0.39, 0.29) is 5.91 Å². The molecule has 0 atom stereocenters. The number of carbonyl (C=O) groups is 2. The molecule has 0 fully saturated rings. The lowest BCUT2D eigenvalue weighted by Gasteiger charge is -2.09. The van der Waals surface area contributed by atoms with Crippen LogP contribution in [0, 0.1) is 0 Å². The number of benzene rings is 2. The van der Waals surface area contributed by atoms with Gasteiger partial charge >= 0.3 is 5.97 Å². The molecular formula is C19H19N3O3. The highest BCUT2D eigenvalue weighted by Crippen LogP contribution is 2.20. The second kappa shape index (κ2) is 6.76. The van der Waals surface area contributed by atoms with Gasteiger partial charge in [-0.15, -0.1) is 0 Å². The lowest BCUT2D eigenvalue weighted by molar-refractivity contribution is 0.0602. The van der Waals surface area contributed by atoms with Crippen molar-refractivity contribution in [2.45, 2.75) is 13.3 Å². The number of rotatable bonds is 4. The number of amides is 1. The third-order valence-electron chi connectivity index (χ3n) is 4.13. The summed E-state index contributed by atoms with van der Waals surface area (Å²) in [5, 5.41) is 2.77. The Balaban J connectivity index is 1.92. The first-order valence-electron chi connectivity index (χ1n) is 7.99. The van der Waals surface area contributed by atoms with Crippen LogP contribution in [0.15, 0.2) is 42.5 Å². The lowest BCUT2D eigenvalue weighted by Crippen LogP contribution is -2.15. The van der Waals surface area contributed by atoms with Crippen molar-refractivity contribution < 1.29 is 14.3 Å². The average Bonchev–Trinajstić information content (AvgIpc) is 2.96. The molecule has 2 aromatic carbocycles. The highest BCUT2D eigenvalue weighted by atomic mass is 16.5. The van der Waals surface area contributed by atoms with Gasteiger partial charge in [-0.2, -0.15) is 0 Å². The predicted octanol–water partition coefficient (Wildman–Crippen LogP) is 3.17. The Bertz CT molecular complexity index is 960. The zero-order valence-corrected chi connectivity index (χ0v) is 14.4. The molecule has 0 radical (unpaired) electrons. The van der Waals surface area contributed by atoms with Crippen LogP contribution in [0.5, 0.6) is 0 Å². The molecule has 3 rings (SSSR count). The fourth-order valence-electron chi connectivity index (χ4n) is 2.78. The van der Waals surface area contributed by atoms with Crippen molar-refractivity contribution in [1.82, 2.24) is 9.55 Å². The minimum atomic E-state index is -0.497. The number of fused-ring (bicyclic) bond motifs is 1. The summed E-state index contributed by atoms with van der Waals surface area (Å²) in [4.78, 5) is 28.9. The van der Waals surface area contributed by atoms with E-state index >= 15 is 0 Å². The minimum absolute atomic E-state index is 0.304. The molecule has 25 heavy (non-hydrogen) atoms. The molecule has 0 aliphatic heterocycles. The SMILES string of the molecule is CCc1nc2cc(C(=O)Nc3ccccc3C(=O)OC)ccc2n1C. The highest BCUT2D eigenvalue weighted by Gasteiger charge is 2.15. The van der Waals surface area contributed by atoms with E-state index < -0.39 is 5.97 Å². The summed E-state index contributed by atoms with van der Waals surface area (Å²) in [6, 6.07) is 12.1. The number of para-hydroxylation sites is 1. The van der Waals surface area contributed by atoms with Crippen LogP contribution in [-0.2, 0) is 18.2 Å². The molecule has 6 nitrogen and oxygen atoms in total. The van der Waals surface area contributed by atoms with E-state index in [0.717, 1.165) is 23.3 Å². The van der Waals surface area contributed by atoms with Crippen LogP contribution in [0.3, 0.4) is 0 Å². The number of carbonyl (C=O) groups excluding carboxylic acids is 2. The standard InChI is InChI=1S/C19H19N3O3/c1-4-17-20-15-11-12(9-10-16(15)22(17)2)18(23)21-14-8-6-5-7-13(14)19(24)25-3/h5-11H,4H2,1-3H3,(H,21,23). The van der Waals surface area contributed by atoms with Gasteiger partial charge in [0.25, 0.3) is 5.91 Å². The van der Waals surface area contributed by atoms with E-state index in [0.29, 0.717) is 16.8 Å². The normalized spacial score (nSPS) is 10.7. The van der Waals surface area contributed by atoms with Crippen LogP contribution in [0.25, 0.3) is 11.0 Å². The van der Waals surface area contributed by atoms with E-state index in [1.54, 1.807) is 36.4 Å². The van der Waals surface area contributed by atoms with Crippen molar-refractivity contribution in [2.24, 2.45) is 7.05 Å². The highest BCUT2D eigenvalue weighted by molar-refractivity contribution is 6.09. The van der Waals surface area contributed by atoms with Crippen molar-refractivity contribution >= 4 is 28.6 Å². The van der Waals surface area contributed by atoms with Gasteiger partial charge in [0.15, 0.2) is 0 Å². The molecule has 0 unspecified atom stereocenters. The Morgan fingerprint density at radius 3 is 2.68 bits per heavy atom. The Kier molecular flexibility index (Phi) is 4.52. The van der Waals surface area contributed by atoms with Crippen LogP contribution in [0.1, 0.15) is 33.5 Å². The number of nitrogens with zero attached hydrogens (tertiary/aromatic N) is 2. The maximum Gasteiger partial charge on any atom is 0.339 e. The molecule has 1 N–H and O–H groups in total. The van der Waals surface area contributed by atoms with Gasteiger partial charge in [0.05, 0.1) is 29.4 Å².